The first-order valence-corrected chi connectivity index (χ1v) is 7.36. The zero-order valence-electron chi connectivity index (χ0n) is 13.0. The van der Waals surface area contributed by atoms with E-state index in [-0.39, 0.29) is 12.5 Å². The second-order valence-corrected chi connectivity index (χ2v) is 5.57. The van der Waals surface area contributed by atoms with E-state index in [0.717, 1.165) is 16.8 Å². The average Bonchev–Trinajstić information content (AvgIpc) is 3.07. The monoisotopic (exact) mass is 297 g/mol. The Labute approximate surface area is 129 Å². The molecular weight excluding hydrogens is 278 g/mol. The fraction of sp³-hybridized carbons (Fsp3) is 0.294. The van der Waals surface area contributed by atoms with Crippen molar-refractivity contribution in [1.82, 2.24) is 14.9 Å². The lowest BCUT2D eigenvalue weighted by molar-refractivity contribution is 0.0946. The lowest BCUT2D eigenvalue weighted by atomic mass is 10.2. The van der Waals surface area contributed by atoms with E-state index < -0.39 is 0 Å². The van der Waals surface area contributed by atoms with Gasteiger partial charge in [0.05, 0.1) is 12.1 Å². The van der Waals surface area contributed by atoms with Crippen LogP contribution in [-0.4, -0.2) is 15.5 Å². The minimum atomic E-state index is -0.112. The summed E-state index contributed by atoms with van der Waals surface area (Å²) in [5.74, 6) is 0.398. The van der Waals surface area contributed by atoms with Crippen LogP contribution in [0.4, 0.5) is 0 Å². The lowest BCUT2D eigenvalue weighted by Crippen LogP contribution is -2.23. The molecule has 1 N–H and O–H groups in total. The molecule has 0 unspecified atom stereocenters. The summed E-state index contributed by atoms with van der Waals surface area (Å²) in [4.78, 5) is 16.6. The number of amides is 1. The maximum absolute atomic E-state index is 12.3. The predicted molar refractivity (Wildman–Crippen MR) is 84.7 cm³/mol. The number of carbonyl (C=O) groups is 1. The molecule has 5 heteroatoms. The standard InChI is InChI=1S/C17H19N3O2/c1-11(2)20-9-8-13(12(20)3)17(21)18-10-16-19-14-6-4-5-7-15(14)22-16/h4-9,11H,10H2,1-3H3,(H,18,21). The Morgan fingerprint density at radius 2 is 2.09 bits per heavy atom. The van der Waals surface area contributed by atoms with Crippen LogP contribution in [-0.2, 0) is 6.54 Å². The van der Waals surface area contributed by atoms with Crippen LogP contribution in [0.1, 0.15) is 41.8 Å². The highest BCUT2D eigenvalue weighted by molar-refractivity contribution is 5.95. The van der Waals surface area contributed by atoms with Crippen molar-refractivity contribution in [2.75, 3.05) is 0 Å². The third kappa shape index (κ3) is 2.62. The highest BCUT2D eigenvalue weighted by Gasteiger charge is 2.15. The van der Waals surface area contributed by atoms with Gasteiger partial charge in [0, 0.05) is 17.9 Å². The van der Waals surface area contributed by atoms with Gasteiger partial charge in [-0.05, 0) is 39.0 Å². The molecular formula is C17H19N3O2. The highest BCUT2D eigenvalue weighted by Crippen LogP contribution is 2.17. The molecule has 0 saturated heterocycles. The fourth-order valence-electron chi connectivity index (χ4n) is 2.57. The number of benzene rings is 1. The third-order valence-electron chi connectivity index (χ3n) is 3.72. The Morgan fingerprint density at radius 3 is 2.77 bits per heavy atom. The molecule has 22 heavy (non-hydrogen) atoms. The molecule has 3 aromatic rings. The van der Waals surface area contributed by atoms with Gasteiger partial charge in [-0.2, -0.15) is 0 Å². The number of fused-ring (bicyclic) bond motifs is 1. The van der Waals surface area contributed by atoms with Crippen LogP contribution in [0.15, 0.2) is 40.9 Å². The van der Waals surface area contributed by atoms with E-state index in [0.29, 0.717) is 17.5 Å². The molecule has 2 aromatic heterocycles. The van der Waals surface area contributed by atoms with E-state index in [1.807, 2.05) is 43.5 Å². The molecule has 3 rings (SSSR count). The van der Waals surface area contributed by atoms with Crippen LogP contribution in [0.5, 0.6) is 0 Å². The predicted octanol–water partition coefficient (Wildman–Crippen LogP) is 3.45. The van der Waals surface area contributed by atoms with Crippen LogP contribution in [0.3, 0.4) is 0 Å². The minimum absolute atomic E-state index is 0.112. The molecule has 0 saturated carbocycles. The number of carbonyl (C=O) groups excluding carboxylic acids is 1. The zero-order chi connectivity index (χ0) is 15.7. The van der Waals surface area contributed by atoms with E-state index in [1.165, 1.54) is 0 Å². The van der Waals surface area contributed by atoms with E-state index >= 15 is 0 Å². The second kappa shape index (κ2) is 5.67. The van der Waals surface area contributed by atoms with Crippen molar-refractivity contribution in [3.8, 4) is 0 Å². The Bertz CT molecular complexity index is 781. The first-order valence-electron chi connectivity index (χ1n) is 7.36. The molecule has 114 valence electrons. The molecule has 5 nitrogen and oxygen atoms in total. The Hall–Kier alpha value is -2.56. The van der Waals surface area contributed by atoms with Gasteiger partial charge in [-0.3, -0.25) is 4.79 Å². The van der Waals surface area contributed by atoms with Crippen LogP contribution in [0.2, 0.25) is 0 Å². The number of aromatic nitrogens is 2. The van der Waals surface area contributed by atoms with Crippen molar-refractivity contribution in [3.05, 3.63) is 53.7 Å². The summed E-state index contributed by atoms with van der Waals surface area (Å²) in [6.07, 6.45) is 1.94. The summed E-state index contributed by atoms with van der Waals surface area (Å²) in [5.41, 5.74) is 3.18. The van der Waals surface area contributed by atoms with Crippen molar-refractivity contribution in [2.24, 2.45) is 0 Å². The van der Waals surface area contributed by atoms with Crippen LogP contribution < -0.4 is 5.32 Å². The molecule has 1 amide bonds. The molecule has 0 atom stereocenters. The largest absolute Gasteiger partial charge is 0.439 e. The van der Waals surface area contributed by atoms with Crippen LogP contribution in [0, 0.1) is 6.92 Å². The van der Waals surface area contributed by atoms with E-state index in [2.05, 4.69) is 28.7 Å². The highest BCUT2D eigenvalue weighted by atomic mass is 16.3. The summed E-state index contributed by atoms with van der Waals surface area (Å²) in [5, 5.41) is 2.86. The smallest absolute Gasteiger partial charge is 0.253 e. The number of rotatable bonds is 4. The van der Waals surface area contributed by atoms with Gasteiger partial charge in [0.15, 0.2) is 5.58 Å². The molecule has 0 bridgehead atoms. The quantitative estimate of drug-likeness (QED) is 0.802. The van der Waals surface area contributed by atoms with Crippen molar-refractivity contribution < 1.29 is 9.21 Å². The molecule has 0 radical (unpaired) electrons. The summed E-state index contributed by atoms with van der Waals surface area (Å²) < 4.78 is 7.67. The number of hydrogen-bond donors (Lipinski definition) is 1. The maximum atomic E-state index is 12.3. The van der Waals surface area contributed by atoms with Crippen LogP contribution in [0.25, 0.3) is 11.1 Å². The van der Waals surface area contributed by atoms with Gasteiger partial charge < -0.3 is 14.3 Å². The molecule has 0 fully saturated rings. The summed E-state index contributed by atoms with van der Waals surface area (Å²) in [6, 6.07) is 9.73. The second-order valence-electron chi connectivity index (χ2n) is 5.57. The molecule has 0 aliphatic rings. The average molecular weight is 297 g/mol. The van der Waals surface area contributed by atoms with Crippen molar-refractivity contribution in [3.63, 3.8) is 0 Å². The normalized spacial score (nSPS) is 11.3. The zero-order valence-corrected chi connectivity index (χ0v) is 13.0. The minimum Gasteiger partial charge on any atom is -0.439 e. The lowest BCUT2D eigenvalue weighted by Gasteiger charge is -2.10. The van der Waals surface area contributed by atoms with Gasteiger partial charge in [-0.25, -0.2) is 4.98 Å². The first-order chi connectivity index (χ1) is 10.6. The van der Waals surface area contributed by atoms with E-state index in [4.69, 9.17) is 4.42 Å². The number of para-hydroxylation sites is 2. The summed E-state index contributed by atoms with van der Waals surface area (Å²) in [6.45, 7) is 6.41. The van der Waals surface area contributed by atoms with Gasteiger partial charge in [0.25, 0.3) is 5.91 Å². The Balaban J connectivity index is 1.72. The molecule has 0 spiro atoms. The number of hydrogen-bond acceptors (Lipinski definition) is 3. The maximum Gasteiger partial charge on any atom is 0.253 e. The van der Waals surface area contributed by atoms with Crippen molar-refractivity contribution in [2.45, 2.75) is 33.4 Å². The third-order valence-corrected chi connectivity index (χ3v) is 3.72. The molecule has 0 aliphatic heterocycles. The number of nitrogens with zero attached hydrogens (tertiary/aromatic N) is 2. The summed E-state index contributed by atoms with van der Waals surface area (Å²) >= 11 is 0. The number of oxazole rings is 1. The van der Waals surface area contributed by atoms with E-state index in [9.17, 15) is 4.79 Å². The SMILES string of the molecule is Cc1c(C(=O)NCc2nc3ccccc3o2)ccn1C(C)C. The molecule has 1 aromatic carbocycles. The Kier molecular flexibility index (Phi) is 3.71. The fourth-order valence-corrected chi connectivity index (χ4v) is 2.57. The first kappa shape index (κ1) is 14.4. The van der Waals surface area contributed by atoms with Crippen LogP contribution >= 0.6 is 0 Å². The van der Waals surface area contributed by atoms with Crippen molar-refractivity contribution >= 4 is 17.0 Å². The van der Waals surface area contributed by atoms with E-state index in [1.54, 1.807) is 0 Å². The Morgan fingerprint density at radius 1 is 1.32 bits per heavy atom. The number of nitrogens with one attached hydrogen (secondary N) is 1. The van der Waals surface area contributed by atoms with Gasteiger partial charge in [0.2, 0.25) is 5.89 Å². The summed E-state index contributed by atoms with van der Waals surface area (Å²) in [7, 11) is 0. The van der Waals surface area contributed by atoms with Gasteiger partial charge in [0.1, 0.15) is 5.52 Å². The topological polar surface area (TPSA) is 60.1 Å². The van der Waals surface area contributed by atoms with Crippen molar-refractivity contribution in [1.29, 1.82) is 0 Å². The van der Waals surface area contributed by atoms with Gasteiger partial charge in [-0.1, -0.05) is 12.1 Å². The molecule has 2 heterocycles. The van der Waals surface area contributed by atoms with Gasteiger partial charge in [-0.15, -0.1) is 0 Å². The van der Waals surface area contributed by atoms with Gasteiger partial charge >= 0.3 is 0 Å². The molecule has 0 aliphatic carbocycles.